The van der Waals surface area contributed by atoms with E-state index in [4.69, 9.17) is 4.74 Å². The number of thiophene rings is 1. The van der Waals surface area contributed by atoms with Crippen molar-refractivity contribution in [1.82, 2.24) is 4.98 Å². The van der Waals surface area contributed by atoms with Crippen LogP contribution in [-0.2, 0) is 0 Å². The normalized spacial score (nSPS) is 10.1. The predicted molar refractivity (Wildman–Crippen MR) is 56.9 cm³/mol. The van der Waals surface area contributed by atoms with Crippen LogP contribution in [0.15, 0.2) is 35.1 Å². The fourth-order valence-electron chi connectivity index (χ4n) is 1.17. The first kappa shape index (κ1) is 9.02. The summed E-state index contributed by atoms with van der Waals surface area (Å²) in [5.74, 6) is 0. The molecule has 0 saturated heterocycles. The number of hydrogen-bond acceptors (Lipinski definition) is 3. The van der Waals surface area contributed by atoms with Crippen molar-refractivity contribution in [2.75, 3.05) is 7.11 Å². The number of pyridine rings is 1. The minimum atomic E-state index is -0.0881. The zero-order valence-corrected chi connectivity index (χ0v) is 8.43. The SMILES string of the molecule is COc1ccc(-c2cccc(=O)[nH]2)s1. The number of H-pyrrole nitrogens is 1. The van der Waals surface area contributed by atoms with Crippen LogP contribution in [0.25, 0.3) is 10.6 Å². The van der Waals surface area contributed by atoms with E-state index >= 15 is 0 Å². The largest absolute Gasteiger partial charge is 0.487 e. The number of nitrogens with one attached hydrogen (secondary N) is 1. The second-order valence-corrected chi connectivity index (χ2v) is 3.80. The van der Waals surface area contributed by atoms with Crippen molar-refractivity contribution in [3.05, 3.63) is 40.7 Å². The molecule has 2 heterocycles. The van der Waals surface area contributed by atoms with Crippen molar-refractivity contribution in [2.24, 2.45) is 0 Å². The molecule has 0 spiro atoms. The van der Waals surface area contributed by atoms with Gasteiger partial charge in [0.2, 0.25) is 5.56 Å². The first-order chi connectivity index (χ1) is 6.79. The summed E-state index contributed by atoms with van der Waals surface area (Å²) in [6.07, 6.45) is 0. The van der Waals surface area contributed by atoms with Crippen LogP contribution in [0.3, 0.4) is 0 Å². The van der Waals surface area contributed by atoms with Crippen LogP contribution < -0.4 is 10.3 Å². The van der Waals surface area contributed by atoms with E-state index in [1.807, 2.05) is 18.2 Å². The summed E-state index contributed by atoms with van der Waals surface area (Å²) in [7, 11) is 1.63. The molecule has 4 heteroatoms. The molecule has 0 aliphatic heterocycles. The second kappa shape index (κ2) is 3.67. The third-order valence-electron chi connectivity index (χ3n) is 1.82. The average molecular weight is 207 g/mol. The lowest BCUT2D eigenvalue weighted by atomic mass is 10.3. The monoisotopic (exact) mass is 207 g/mol. The molecule has 0 aliphatic rings. The van der Waals surface area contributed by atoms with E-state index in [1.54, 1.807) is 13.2 Å². The molecule has 72 valence electrons. The fourth-order valence-corrected chi connectivity index (χ4v) is 1.97. The lowest BCUT2D eigenvalue weighted by Gasteiger charge is -1.95. The highest BCUT2D eigenvalue weighted by Crippen LogP contribution is 2.30. The summed E-state index contributed by atoms with van der Waals surface area (Å²) in [5.41, 5.74) is 0.737. The molecular weight excluding hydrogens is 198 g/mol. The van der Waals surface area contributed by atoms with Gasteiger partial charge in [-0.15, -0.1) is 0 Å². The van der Waals surface area contributed by atoms with Crippen LogP contribution in [0.4, 0.5) is 0 Å². The van der Waals surface area contributed by atoms with E-state index in [-0.39, 0.29) is 5.56 Å². The molecule has 14 heavy (non-hydrogen) atoms. The van der Waals surface area contributed by atoms with Crippen LogP contribution in [0.5, 0.6) is 5.06 Å². The Morgan fingerprint density at radius 2 is 2.14 bits per heavy atom. The topological polar surface area (TPSA) is 42.1 Å². The average Bonchev–Trinajstić information content (AvgIpc) is 2.66. The Labute approximate surface area is 85.0 Å². The van der Waals surface area contributed by atoms with Crippen molar-refractivity contribution < 1.29 is 4.74 Å². The van der Waals surface area contributed by atoms with Gasteiger partial charge in [0.25, 0.3) is 0 Å². The van der Waals surface area contributed by atoms with Gasteiger partial charge in [0.1, 0.15) is 0 Å². The van der Waals surface area contributed by atoms with Gasteiger partial charge in [-0.2, -0.15) is 0 Å². The lowest BCUT2D eigenvalue weighted by Crippen LogP contribution is -2.02. The number of aromatic amines is 1. The summed E-state index contributed by atoms with van der Waals surface area (Å²) >= 11 is 1.50. The smallest absolute Gasteiger partial charge is 0.248 e. The molecule has 0 radical (unpaired) electrons. The number of rotatable bonds is 2. The molecule has 0 aromatic carbocycles. The van der Waals surface area contributed by atoms with Crippen LogP contribution in [0.1, 0.15) is 0 Å². The van der Waals surface area contributed by atoms with Crippen molar-refractivity contribution in [1.29, 1.82) is 0 Å². The van der Waals surface area contributed by atoms with Gasteiger partial charge in [-0.3, -0.25) is 4.79 Å². The Morgan fingerprint density at radius 1 is 1.29 bits per heavy atom. The molecule has 0 aliphatic carbocycles. The third kappa shape index (κ3) is 1.70. The Hall–Kier alpha value is -1.55. The third-order valence-corrected chi connectivity index (χ3v) is 2.90. The van der Waals surface area contributed by atoms with E-state index in [0.29, 0.717) is 0 Å². The van der Waals surface area contributed by atoms with Gasteiger partial charge >= 0.3 is 0 Å². The molecule has 0 fully saturated rings. The van der Waals surface area contributed by atoms with E-state index in [0.717, 1.165) is 15.6 Å². The first-order valence-electron chi connectivity index (χ1n) is 4.13. The Balaban J connectivity index is 2.44. The number of methoxy groups -OCH3 is 1. The Morgan fingerprint density at radius 3 is 2.79 bits per heavy atom. The molecule has 3 nitrogen and oxygen atoms in total. The zero-order chi connectivity index (χ0) is 9.97. The van der Waals surface area contributed by atoms with Gasteiger partial charge in [-0.05, 0) is 18.2 Å². The van der Waals surface area contributed by atoms with Gasteiger partial charge in [-0.25, -0.2) is 0 Å². The number of ether oxygens (including phenoxy) is 1. The quantitative estimate of drug-likeness (QED) is 0.819. The summed E-state index contributed by atoms with van der Waals surface area (Å²) < 4.78 is 5.07. The summed E-state index contributed by atoms with van der Waals surface area (Å²) in [5, 5.41) is 0.838. The van der Waals surface area contributed by atoms with Crippen molar-refractivity contribution in [2.45, 2.75) is 0 Å². The maximum absolute atomic E-state index is 11.1. The van der Waals surface area contributed by atoms with Crippen LogP contribution in [0.2, 0.25) is 0 Å². The van der Waals surface area contributed by atoms with Crippen LogP contribution in [0, 0.1) is 0 Å². The first-order valence-corrected chi connectivity index (χ1v) is 4.95. The second-order valence-electron chi connectivity index (χ2n) is 2.75. The Bertz CT molecular complexity index is 487. The summed E-state index contributed by atoms with van der Waals surface area (Å²) in [6, 6.07) is 8.90. The highest BCUT2D eigenvalue weighted by atomic mass is 32.1. The molecule has 0 bridgehead atoms. The van der Waals surface area contributed by atoms with E-state index in [1.165, 1.54) is 17.4 Å². The van der Waals surface area contributed by atoms with E-state index in [2.05, 4.69) is 4.98 Å². The highest BCUT2D eigenvalue weighted by molar-refractivity contribution is 7.17. The number of hydrogen-bond donors (Lipinski definition) is 1. The van der Waals surface area contributed by atoms with E-state index < -0.39 is 0 Å². The highest BCUT2D eigenvalue weighted by Gasteiger charge is 2.02. The maximum atomic E-state index is 11.1. The lowest BCUT2D eigenvalue weighted by molar-refractivity contribution is 0.427. The van der Waals surface area contributed by atoms with Crippen molar-refractivity contribution in [3.63, 3.8) is 0 Å². The van der Waals surface area contributed by atoms with Crippen LogP contribution >= 0.6 is 11.3 Å². The molecule has 0 saturated carbocycles. The minimum Gasteiger partial charge on any atom is -0.487 e. The fraction of sp³-hybridized carbons (Fsp3) is 0.100. The number of aromatic nitrogens is 1. The van der Waals surface area contributed by atoms with Crippen LogP contribution in [-0.4, -0.2) is 12.1 Å². The molecular formula is C10H9NO2S. The van der Waals surface area contributed by atoms with Gasteiger partial charge in [0.15, 0.2) is 5.06 Å². The summed E-state index contributed by atoms with van der Waals surface area (Å²) in [6.45, 7) is 0. The maximum Gasteiger partial charge on any atom is 0.248 e. The molecule has 1 N–H and O–H groups in total. The van der Waals surface area contributed by atoms with Crippen molar-refractivity contribution in [3.8, 4) is 15.6 Å². The Kier molecular flexibility index (Phi) is 2.37. The molecule has 0 unspecified atom stereocenters. The molecule has 0 amide bonds. The van der Waals surface area contributed by atoms with Crippen molar-refractivity contribution >= 4 is 11.3 Å². The van der Waals surface area contributed by atoms with Gasteiger partial charge in [0, 0.05) is 6.07 Å². The minimum absolute atomic E-state index is 0.0881. The zero-order valence-electron chi connectivity index (χ0n) is 7.61. The van der Waals surface area contributed by atoms with Gasteiger partial charge < -0.3 is 9.72 Å². The van der Waals surface area contributed by atoms with Gasteiger partial charge in [0.05, 0.1) is 17.7 Å². The van der Waals surface area contributed by atoms with Gasteiger partial charge in [-0.1, -0.05) is 17.4 Å². The standard InChI is InChI=1S/C10H9NO2S/c1-13-10-6-5-8(14-10)7-3-2-4-9(12)11-7/h2-6H,1H3,(H,11,12). The predicted octanol–water partition coefficient (Wildman–Crippen LogP) is 2.11. The molecule has 2 aromatic heterocycles. The molecule has 2 rings (SSSR count). The summed E-state index contributed by atoms with van der Waals surface area (Å²) in [4.78, 5) is 14.8. The van der Waals surface area contributed by atoms with E-state index in [9.17, 15) is 4.79 Å². The molecule has 0 atom stereocenters. The molecule has 2 aromatic rings.